The van der Waals surface area contributed by atoms with Crippen molar-refractivity contribution in [1.29, 1.82) is 0 Å². The number of nitrogen functional groups attached to an aromatic ring is 2. The second-order valence-corrected chi connectivity index (χ2v) is 4.18. The van der Waals surface area contributed by atoms with Crippen molar-refractivity contribution in [2.24, 2.45) is 11.7 Å². The predicted octanol–water partition coefficient (Wildman–Crippen LogP) is 2.16. The minimum absolute atomic E-state index is 0.0598. The minimum Gasteiger partial charge on any atom is -0.397 e. The van der Waals surface area contributed by atoms with E-state index < -0.39 is 0 Å². The van der Waals surface area contributed by atoms with Crippen LogP contribution < -0.4 is 17.2 Å². The van der Waals surface area contributed by atoms with Crippen molar-refractivity contribution in [1.82, 2.24) is 0 Å². The van der Waals surface area contributed by atoms with Gasteiger partial charge in [-0.1, -0.05) is 25.4 Å². The number of rotatable bonds is 2. The molecule has 0 bridgehead atoms. The average molecular weight is 214 g/mol. The Morgan fingerprint density at radius 2 is 1.79 bits per heavy atom. The van der Waals surface area contributed by atoms with Gasteiger partial charge in [-0.15, -0.1) is 0 Å². The van der Waals surface area contributed by atoms with Crippen LogP contribution in [0.5, 0.6) is 0 Å². The molecular formula is C10H16ClN3. The molecule has 1 aromatic carbocycles. The van der Waals surface area contributed by atoms with Gasteiger partial charge in [-0.3, -0.25) is 0 Å². The molecule has 3 nitrogen and oxygen atoms in total. The van der Waals surface area contributed by atoms with E-state index in [9.17, 15) is 0 Å². The molecule has 0 aliphatic rings. The zero-order chi connectivity index (χ0) is 10.9. The topological polar surface area (TPSA) is 78.1 Å². The van der Waals surface area contributed by atoms with Gasteiger partial charge in [0.25, 0.3) is 0 Å². The van der Waals surface area contributed by atoms with Crippen molar-refractivity contribution in [2.45, 2.75) is 19.9 Å². The van der Waals surface area contributed by atoms with Crippen LogP contribution in [0.4, 0.5) is 11.4 Å². The van der Waals surface area contributed by atoms with E-state index in [-0.39, 0.29) is 6.04 Å². The highest BCUT2D eigenvalue weighted by Crippen LogP contribution is 2.30. The van der Waals surface area contributed by atoms with E-state index in [1.54, 1.807) is 12.1 Å². The van der Waals surface area contributed by atoms with Crippen LogP contribution in [0.3, 0.4) is 0 Å². The van der Waals surface area contributed by atoms with Crippen LogP contribution in [0, 0.1) is 5.92 Å². The van der Waals surface area contributed by atoms with Crippen LogP contribution in [-0.4, -0.2) is 0 Å². The van der Waals surface area contributed by atoms with Gasteiger partial charge in [0.1, 0.15) is 0 Å². The Bertz CT molecular complexity index is 313. The lowest BCUT2D eigenvalue weighted by atomic mass is 9.96. The molecule has 0 saturated carbocycles. The molecule has 0 radical (unpaired) electrons. The molecule has 0 fully saturated rings. The third-order valence-electron chi connectivity index (χ3n) is 2.29. The van der Waals surface area contributed by atoms with Crippen LogP contribution in [0.1, 0.15) is 25.5 Å². The lowest BCUT2D eigenvalue weighted by Gasteiger charge is -2.17. The number of benzene rings is 1. The Labute approximate surface area is 89.2 Å². The maximum Gasteiger partial charge on any atom is 0.0737 e. The molecule has 4 heteroatoms. The number of anilines is 2. The van der Waals surface area contributed by atoms with Gasteiger partial charge in [0.15, 0.2) is 0 Å². The van der Waals surface area contributed by atoms with Crippen LogP contribution in [0.15, 0.2) is 12.1 Å². The van der Waals surface area contributed by atoms with Crippen molar-refractivity contribution in [3.63, 3.8) is 0 Å². The van der Waals surface area contributed by atoms with E-state index in [0.29, 0.717) is 22.3 Å². The molecule has 0 aliphatic heterocycles. The summed E-state index contributed by atoms with van der Waals surface area (Å²) in [5.41, 5.74) is 19.1. The Morgan fingerprint density at radius 1 is 1.21 bits per heavy atom. The molecule has 0 aliphatic carbocycles. The van der Waals surface area contributed by atoms with Gasteiger partial charge >= 0.3 is 0 Å². The molecule has 1 aromatic rings. The molecule has 1 atom stereocenters. The highest BCUT2D eigenvalue weighted by molar-refractivity contribution is 6.33. The van der Waals surface area contributed by atoms with Gasteiger partial charge < -0.3 is 17.2 Å². The quantitative estimate of drug-likeness (QED) is 0.659. The highest BCUT2D eigenvalue weighted by atomic mass is 35.5. The largest absolute Gasteiger partial charge is 0.397 e. The molecule has 6 N–H and O–H groups in total. The summed E-state index contributed by atoms with van der Waals surface area (Å²) in [7, 11) is 0. The Morgan fingerprint density at radius 3 is 2.21 bits per heavy atom. The van der Waals surface area contributed by atoms with Gasteiger partial charge in [-0.25, -0.2) is 0 Å². The Kier molecular flexibility index (Phi) is 3.24. The van der Waals surface area contributed by atoms with Gasteiger partial charge in [0, 0.05) is 6.04 Å². The maximum absolute atomic E-state index is 5.97. The Hall–Kier alpha value is -0.930. The fraction of sp³-hybridized carbons (Fsp3) is 0.400. The third kappa shape index (κ3) is 2.11. The fourth-order valence-corrected chi connectivity index (χ4v) is 1.47. The van der Waals surface area contributed by atoms with E-state index in [2.05, 4.69) is 0 Å². The number of nitrogens with two attached hydrogens (primary N) is 3. The molecule has 0 aromatic heterocycles. The zero-order valence-corrected chi connectivity index (χ0v) is 9.18. The summed E-state index contributed by atoms with van der Waals surface area (Å²) >= 11 is 5.91. The van der Waals surface area contributed by atoms with Crippen LogP contribution in [-0.2, 0) is 0 Å². The third-order valence-corrected chi connectivity index (χ3v) is 2.60. The van der Waals surface area contributed by atoms with E-state index in [1.165, 1.54) is 0 Å². The first-order valence-electron chi connectivity index (χ1n) is 4.53. The standard InChI is InChI=1S/C10H16ClN3/c1-5(2)9(13)6-3-7(11)10(14)8(12)4-6/h3-5,9H,12-14H2,1-2H3. The first-order chi connectivity index (χ1) is 6.43. The molecule has 0 amide bonds. The highest BCUT2D eigenvalue weighted by Gasteiger charge is 2.13. The second-order valence-electron chi connectivity index (χ2n) is 3.78. The lowest BCUT2D eigenvalue weighted by Crippen LogP contribution is -2.17. The molecular weight excluding hydrogens is 198 g/mol. The SMILES string of the molecule is CC(C)C(N)c1cc(N)c(N)c(Cl)c1. The van der Waals surface area contributed by atoms with E-state index in [0.717, 1.165) is 5.56 Å². The van der Waals surface area contributed by atoms with Crippen LogP contribution in [0.2, 0.25) is 5.02 Å². The van der Waals surface area contributed by atoms with E-state index >= 15 is 0 Å². The molecule has 1 rings (SSSR count). The van der Waals surface area contributed by atoms with Crippen molar-refractivity contribution < 1.29 is 0 Å². The summed E-state index contributed by atoms with van der Waals surface area (Å²) in [5, 5.41) is 0.469. The van der Waals surface area contributed by atoms with Gasteiger partial charge in [0.05, 0.1) is 16.4 Å². The average Bonchev–Trinajstić information content (AvgIpc) is 2.12. The summed E-state index contributed by atoms with van der Waals surface area (Å²) in [4.78, 5) is 0. The lowest BCUT2D eigenvalue weighted by molar-refractivity contribution is 0.514. The first kappa shape index (κ1) is 11.1. The Balaban J connectivity index is 3.12. The summed E-state index contributed by atoms with van der Waals surface area (Å²) < 4.78 is 0. The maximum atomic E-state index is 5.97. The van der Waals surface area contributed by atoms with Crippen molar-refractivity contribution in [2.75, 3.05) is 11.5 Å². The summed E-state index contributed by atoms with van der Waals surface area (Å²) in [5.74, 6) is 0.342. The number of hydrogen-bond donors (Lipinski definition) is 3. The second kappa shape index (κ2) is 4.07. The van der Waals surface area contributed by atoms with Crippen molar-refractivity contribution >= 4 is 23.0 Å². The number of halogens is 1. The van der Waals surface area contributed by atoms with Crippen molar-refractivity contribution in [3.8, 4) is 0 Å². The predicted molar refractivity (Wildman–Crippen MR) is 62.0 cm³/mol. The van der Waals surface area contributed by atoms with Gasteiger partial charge in [-0.2, -0.15) is 0 Å². The first-order valence-corrected chi connectivity index (χ1v) is 4.91. The molecule has 78 valence electrons. The van der Waals surface area contributed by atoms with Gasteiger partial charge in [-0.05, 0) is 23.6 Å². The van der Waals surface area contributed by atoms with Crippen LogP contribution in [0.25, 0.3) is 0 Å². The smallest absolute Gasteiger partial charge is 0.0737 e. The van der Waals surface area contributed by atoms with Gasteiger partial charge in [0.2, 0.25) is 0 Å². The summed E-state index contributed by atoms with van der Waals surface area (Å²) in [6, 6.07) is 3.50. The van der Waals surface area contributed by atoms with Crippen LogP contribution >= 0.6 is 11.6 Å². The minimum atomic E-state index is -0.0598. The van der Waals surface area contributed by atoms with E-state index in [1.807, 2.05) is 13.8 Å². The molecule has 14 heavy (non-hydrogen) atoms. The molecule has 0 saturated heterocycles. The van der Waals surface area contributed by atoms with E-state index in [4.69, 9.17) is 28.8 Å². The zero-order valence-electron chi connectivity index (χ0n) is 8.42. The number of hydrogen-bond acceptors (Lipinski definition) is 3. The molecule has 0 spiro atoms. The fourth-order valence-electron chi connectivity index (χ4n) is 1.24. The molecule has 1 unspecified atom stereocenters. The molecule has 0 heterocycles. The normalized spacial score (nSPS) is 13.2. The summed E-state index contributed by atoms with van der Waals surface area (Å²) in [6.07, 6.45) is 0. The monoisotopic (exact) mass is 213 g/mol. The summed E-state index contributed by atoms with van der Waals surface area (Å²) in [6.45, 7) is 4.09. The van der Waals surface area contributed by atoms with Crippen molar-refractivity contribution in [3.05, 3.63) is 22.7 Å².